The Morgan fingerprint density at radius 2 is 1.45 bits per heavy atom. The van der Waals surface area contributed by atoms with E-state index in [1.807, 2.05) is 0 Å². The van der Waals surface area contributed by atoms with Crippen molar-refractivity contribution in [3.63, 3.8) is 0 Å². The van der Waals surface area contributed by atoms with Gasteiger partial charge in [0.05, 0.1) is 18.3 Å². The van der Waals surface area contributed by atoms with Crippen LogP contribution in [-0.2, 0) is 23.8 Å². The first-order valence-electron chi connectivity index (χ1n) is 24.1. The molecule has 4 fully saturated rings. The van der Waals surface area contributed by atoms with Crippen molar-refractivity contribution in [1.82, 2.24) is 9.80 Å². The Morgan fingerprint density at radius 3 is 2.12 bits per heavy atom. The molecule has 0 aromatic carbocycles. The van der Waals surface area contributed by atoms with Crippen molar-refractivity contribution in [2.24, 2.45) is 63.5 Å². The van der Waals surface area contributed by atoms with Gasteiger partial charge in [0.25, 0.3) is 0 Å². The van der Waals surface area contributed by atoms with Crippen LogP contribution in [0.2, 0.25) is 0 Å². The number of rotatable bonds is 28. The lowest BCUT2D eigenvalue weighted by molar-refractivity contribution is -0.227. The van der Waals surface area contributed by atoms with E-state index in [1.165, 1.54) is 44.9 Å². The predicted molar refractivity (Wildman–Crippen MR) is 237 cm³/mol. The second-order valence-electron chi connectivity index (χ2n) is 19.4. The number of hydrogen-bond acceptors (Lipinski definition) is 8. The lowest BCUT2D eigenvalue weighted by atomic mass is 9.43. The van der Waals surface area contributed by atoms with E-state index in [9.17, 15) is 9.59 Å². The Balaban J connectivity index is 1.52. The van der Waals surface area contributed by atoms with E-state index in [-0.39, 0.29) is 41.4 Å². The van der Waals surface area contributed by atoms with Crippen LogP contribution in [0.4, 0.5) is 0 Å². The van der Waals surface area contributed by atoms with Gasteiger partial charge in [-0.05, 0) is 144 Å². The van der Waals surface area contributed by atoms with Crippen LogP contribution in [0, 0.1) is 46.3 Å². The molecule has 4 aliphatic rings. The van der Waals surface area contributed by atoms with Gasteiger partial charge in [-0.25, -0.2) is 0 Å². The Hall–Kier alpha value is -1.56. The van der Waals surface area contributed by atoms with E-state index >= 15 is 0 Å². The van der Waals surface area contributed by atoms with Crippen molar-refractivity contribution in [3.05, 3.63) is 12.7 Å². The summed E-state index contributed by atoms with van der Waals surface area (Å²) < 4.78 is 20.5. The summed E-state index contributed by atoms with van der Waals surface area (Å²) in [6, 6.07) is 0. The zero-order valence-corrected chi connectivity index (χ0v) is 37.9. The molecule has 4 saturated carbocycles. The van der Waals surface area contributed by atoms with Gasteiger partial charge in [0.1, 0.15) is 6.54 Å². The van der Waals surface area contributed by atoms with Crippen LogP contribution in [0.3, 0.4) is 0 Å². The van der Waals surface area contributed by atoms with Crippen LogP contribution in [0.1, 0.15) is 150 Å². The molecule has 0 spiro atoms. The molecule has 10 nitrogen and oxygen atoms in total. The average molecular weight is 816 g/mol. The van der Waals surface area contributed by atoms with Crippen LogP contribution >= 0.6 is 0 Å². The van der Waals surface area contributed by atoms with Gasteiger partial charge in [-0.15, -0.1) is 6.58 Å². The van der Waals surface area contributed by atoms with Gasteiger partial charge >= 0.3 is 0 Å². The summed E-state index contributed by atoms with van der Waals surface area (Å²) in [6.45, 7) is 21.5. The molecule has 336 valence electrons. The Kier molecular flexibility index (Phi) is 21.0. The van der Waals surface area contributed by atoms with Crippen molar-refractivity contribution in [2.75, 3.05) is 65.6 Å². The number of hydrogen-bond donors (Lipinski definition) is 3. The minimum atomic E-state index is -0.0853. The number of fused-ring (bicyclic) bond motifs is 5. The van der Waals surface area contributed by atoms with Crippen LogP contribution in [-0.4, -0.2) is 106 Å². The molecule has 4 aliphatic carbocycles. The molecule has 0 aliphatic heterocycles. The molecule has 4 rings (SSSR count). The second-order valence-corrected chi connectivity index (χ2v) is 19.4. The number of unbranched alkanes of at least 4 members (excludes halogenated alkanes) is 5. The molecule has 11 atom stereocenters. The minimum absolute atomic E-state index is 0.0388. The predicted octanol–water partition coefficient (Wildman–Crippen LogP) is 7.71. The highest BCUT2D eigenvalue weighted by Gasteiger charge is 2.66. The number of nitrogens with zero attached hydrogens (tertiary/aromatic N) is 2. The molecule has 58 heavy (non-hydrogen) atoms. The van der Waals surface area contributed by atoms with Crippen molar-refractivity contribution in [1.29, 1.82) is 0 Å². The Bertz CT molecular complexity index is 1220. The number of ether oxygens (including phenoxy) is 3. The van der Waals surface area contributed by atoms with E-state index in [4.69, 9.17) is 31.4 Å². The number of amides is 2. The minimum Gasteiger partial charge on any atom is -0.378 e. The molecule has 0 saturated heterocycles. The van der Waals surface area contributed by atoms with Gasteiger partial charge in [0, 0.05) is 51.8 Å². The molecule has 0 aromatic rings. The summed E-state index contributed by atoms with van der Waals surface area (Å²) >= 11 is 0. The fourth-order valence-corrected chi connectivity index (χ4v) is 12.6. The lowest BCUT2D eigenvalue weighted by Gasteiger charge is -2.65. The quantitative estimate of drug-likeness (QED) is 0.0538. The molecular formula is C48H89N5O5. The van der Waals surface area contributed by atoms with Gasteiger partial charge in [-0.2, -0.15) is 0 Å². The fourth-order valence-electron chi connectivity index (χ4n) is 12.6. The summed E-state index contributed by atoms with van der Waals surface area (Å²) in [6.07, 6.45) is 22.3. The molecule has 0 heterocycles. The molecule has 2 amide bonds. The number of carbonyl (C=O) groups excluding carboxylic acids is 2. The highest BCUT2D eigenvalue weighted by molar-refractivity contribution is 5.84. The molecule has 10 heteroatoms. The monoisotopic (exact) mass is 816 g/mol. The van der Waals surface area contributed by atoms with Gasteiger partial charge in [-0.3, -0.25) is 9.59 Å². The topological polar surface area (TPSA) is 146 Å². The zero-order chi connectivity index (χ0) is 42.1. The first-order chi connectivity index (χ1) is 28.0. The third-order valence-corrected chi connectivity index (χ3v) is 15.8. The zero-order valence-electron chi connectivity index (χ0n) is 37.9. The maximum absolute atomic E-state index is 13.7. The molecule has 0 radical (unpaired) electrons. The molecule has 0 unspecified atom stereocenters. The summed E-state index contributed by atoms with van der Waals surface area (Å²) in [4.78, 5) is 29.7. The van der Waals surface area contributed by atoms with Crippen molar-refractivity contribution in [3.8, 4) is 0 Å². The van der Waals surface area contributed by atoms with E-state index in [0.29, 0.717) is 74.4 Å². The standard InChI is InChI=1S/C48H89N5O5/c1-7-9-10-11-12-13-27-52(45(55)35-53(26-8-2)37(4)54)28-14-18-36(3)40-19-20-41-46-42(34-44(48(40,41)6)58-31-17-25-51)47(5)22-21-39(56-29-15-23-49)32-38(47)33-43(46)57-30-16-24-50/h8,36,38-44,46H,2,7,9-35,49-51H2,1,3-6H3/t36-,38+,39-,40-,41+,42+,43-,44+,46+,47+,48-/m1/s1. The fraction of sp³-hybridized carbons (Fsp3) is 0.917. The Morgan fingerprint density at radius 1 is 0.793 bits per heavy atom. The van der Waals surface area contributed by atoms with Crippen LogP contribution in [0.25, 0.3) is 0 Å². The van der Waals surface area contributed by atoms with Crippen LogP contribution in [0.5, 0.6) is 0 Å². The van der Waals surface area contributed by atoms with Crippen molar-refractivity contribution >= 4 is 11.8 Å². The third-order valence-electron chi connectivity index (χ3n) is 15.8. The molecular weight excluding hydrogens is 727 g/mol. The maximum atomic E-state index is 13.7. The first kappa shape index (κ1) is 49.1. The number of nitrogens with two attached hydrogens (primary N) is 3. The van der Waals surface area contributed by atoms with Crippen LogP contribution < -0.4 is 17.2 Å². The molecule has 0 aromatic heterocycles. The van der Waals surface area contributed by atoms with Gasteiger partial charge in [0.2, 0.25) is 11.8 Å². The summed E-state index contributed by atoms with van der Waals surface area (Å²) in [5, 5.41) is 0. The third kappa shape index (κ3) is 12.5. The van der Waals surface area contributed by atoms with Crippen molar-refractivity contribution in [2.45, 2.75) is 169 Å². The van der Waals surface area contributed by atoms with Gasteiger partial charge in [-0.1, -0.05) is 65.9 Å². The number of carbonyl (C=O) groups is 2. The first-order valence-corrected chi connectivity index (χ1v) is 24.1. The van der Waals surface area contributed by atoms with Gasteiger partial charge < -0.3 is 41.2 Å². The summed E-state index contributed by atoms with van der Waals surface area (Å²) in [5.74, 6) is 3.16. The normalized spacial score (nSPS) is 32.2. The van der Waals surface area contributed by atoms with E-state index in [1.54, 1.807) is 17.9 Å². The van der Waals surface area contributed by atoms with E-state index < -0.39 is 0 Å². The smallest absolute Gasteiger partial charge is 0.242 e. The van der Waals surface area contributed by atoms with E-state index in [2.05, 4.69) is 39.2 Å². The average Bonchev–Trinajstić information content (AvgIpc) is 3.56. The summed E-state index contributed by atoms with van der Waals surface area (Å²) in [5.41, 5.74) is 18.1. The molecule has 6 N–H and O–H groups in total. The van der Waals surface area contributed by atoms with Gasteiger partial charge in [0.15, 0.2) is 0 Å². The highest BCUT2D eigenvalue weighted by Crippen LogP contribution is 2.69. The van der Waals surface area contributed by atoms with Crippen molar-refractivity contribution < 1.29 is 23.8 Å². The lowest BCUT2D eigenvalue weighted by Crippen LogP contribution is -2.63. The SMILES string of the molecule is C=CCN(CC(=O)N(CCCCCCCC)CCC[C@@H](C)[C@H]1CC[C@H]2[C@@H]3[C@H](OCCCN)C[C@@H]4C[C@H](OCCCN)CC[C@]4(C)[C@H]3C[C@H](OCCCN)[C@]12C)C(C)=O. The largest absolute Gasteiger partial charge is 0.378 e. The van der Waals surface area contributed by atoms with E-state index in [0.717, 1.165) is 96.9 Å². The highest BCUT2D eigenvalue weighted by atomic mass is 16.5. The van der Waals surface area contributed by atoms with Crippen LogP contribution in [0.15, 0.2) is 12.7 Å². The maximum Gasteiger partial charge on any atom is 0.242 e. The molecule has 0 bridgehead atoms. The second kappa shape index (κ2) is 24.8. The summed E-state index contributed by atoms with van der Waals surface area (Å²) in [7, 11) is 0. The Labute approximate surface area is 354 Å².